The van der Waals surface area contributed by atoms with Gasteiger partial charge in [-0.05, 0) is 17.7 Å². The Morgan fingerprint density at radius 2 is 1.10 bits per heavy atom. The SMILES string of the molecule is O=P(c1ccccc1)(c1ccccc1)[C@H]1CON(c2ccccc2)[C@@H]1c1ccccc1. The highest BCUT2D eigenvalue weighted by molar-refractivity contribution is 7.79. The molecule has 0 N–H and O–H groups in total. The molecule has 0 bridgehead atoms. The molecule has 4 heteroatoms. The van der Waals surface area contributed by atoms with Gasteiger partial charge in [-0.2, -0.15) is 0 Å². The Kier molecular flexibility index (Phi) is 5.46. The fraction of sp³-hybridized carbons (Fsp3) is 0.111. The zero-order valence-electron chi connectivity index (χ0n) is 17.1. The predicted octanol–water partition coefficient (Wildman–Crippen LogP) is 5.56. The number of hydrogen-bond acceptors (Lipinski definition) is 3. The van der Waals surface area contributed by atoms with Crippen LogP contribution in [0.3, 0.4) is 0 Å². The van der Waals surface area contributed by atoms with E-state index in [-0.39, 0.29) is 11.7 Å². The summed E-state index contributed by atoms with van der Waals surface area (Å²) in [5.41, 5.74) is 1.84. The molecule has 1 aliphatic heterocycles. The maximum absolute atomic E-state index is 15.1. The molecule has 2 atom stereocenters. The molecular formula is C27H24NO2P. The molecular weight excluding hydrogens is 401 g/mol. The summed E-state index contributed by atoms with van der Waals surface area (Å²) < 4.78 is 15.1. The average molecular weight is 425 g/mol. The van der Waals surface area contributed by atoms with E-state index in [4.69, 9.17) is 4.84 Å². The number of benzene rings is 4. The van der Waals surface area contributed by atoms with E-state index in [2.05, 4.69) is 12.1 Å². The second-order valence-electron chi connectivity index (χ2n) is 7.71. The summed E-state index contributed by atoms with van der Waals surface area (Å²) in [5.74, 6) is 0. The summed E-state index contributed by atoms with van der Waals surface area (Å²) in [4.78, 5) is 6.27. The normalized spacial score (nSPS) is 18.8. The van der Waals surface area contributed by atoms with Gasteiger partial charge in [0.2, 0.25) is 0 Å². The number of hydroxylamine groups is 1. The van der Waals surface area contributed by atoms with Crippen LogP contribution in [0, 0.1) is 0 Å². The van der Waals surface area contributed by atoms with Gasteiger partial charge < -0.3 is 4.57 Å². The van der Waals surface area contributed by atoms with Crippen LogP contribution in [0.25, 0.3) is 0 Å². The van der Waals surface area contributed by atoms with E-state index in [1.807, 2.05) is 114 Å². The Bertz CT molecular complexity index is 1120. The van der Waals surface area contributed by atoms with Gasteiger partial charge in [0.25, 0.3) is 0 Å². The summed E-state index contributed by atoms with van der Waals surface area (Å²) in [7, 11) is -3.02. The highest BCUT2D eigenvalue weighted by Crippen LogP contribution is 2.57. The molecule has 0 aliphatic carbocycles. The van der Waals surface area contributed by atoms with E-state index >= 15 is 4.57 Å². The van der Waals surface area contributed by atoms with Crippen molar-refractivity contribution in [2.45, 2.75) is 11.7 Å². The van der Waals surface area contributed by atoms with Gasteiger partial charge in [-0.15, -0.1) is 0 Å². The average Bonchev–Trinajstić information content (AvgIpc) is 3.31. The molecule has 154 valence electrons. The molecule has 1 fully saturated rings. The van der Waals surface area contributed by atoms with Crippen molar-refractivity contribution in [2.75, 3.05) is 11.7 Å². The summed E-state index contributed by atoms with van der Waals surface area (Å²) in [6.07, 6.45) is 0. The molecule has 1 aliphatic rings. The lowest BCUT2D eigenvalue weighted by molar-refractivity contribution is 0.159. The monoisotopic (exact) mass is 425 g/mol. The molecule has 0 spiro atoms. The van der Waals surface area contributed by atoms with Crippen LogP contribution in [-0.2, 0) is 9.40 Å². The topological polar surface area (TPSA) is 29.5 Å². The third-order valence-electron chi connectivity index (χ3n) is 5.90. The van der Waals surface area contributed by atoms with Crippen molar-refractivity contribution >= 4 is 23.4 Å². The zero-order valence-corrected chi connectivity index (χ0v) is 18.0. The van der Waals surface area contributed by atoms with Gasteiger partial charge in [0.15, 0.2) is 7.14 Å². The van der Waals surface area contributed by atoms with Gasteiger partial charge in [-0.25, -0.2) is 5.06 Å². The largest absolute Gasteiger partial charge is 0.313 e. The second-order valence-corrected chi connectivity index (χ2v) is 10.7. The summed E-state index contributed by atoms with van der Waals surface area (Å²) in [6, 6.07) is 39.9. The van der Waals surface area contributed by atoms with Gasteiger partial charge >= 0.3 is 0 Å². The molecule has 1 saturated heterocycles. The fourth-order valence-electron chi connectivity index (χ4n) is 4.44. The quantitative estimate of drug-likeness (QED) is 0.392. The Labute approximate surface area is 183 Å². The van der Waals surface area contributed by atoms with E-state index in [9.17, 15) is 0 Å². The van der Waals surface area contributed by atoms with Crippen LogP contribution in [0.5, 0.6) is 0 Å². The van der Waals surface area contributed by atoms with Crippen LogP contribution < -0.4 is 15.7 Å². The first-order valence-electron chi connectivity index (χ1n) is 10.5. The lowest BCUT2D eigenvalue weighted by Crippen LogP contribution is -2.33. The molecule has 3 nitrogen and oxygen atoms in total. The number of anilines is 1. The molecule has 0 aromatic heterocycles. The molecule has 4 aromatic carbocycles. The fourth-order valence-corrected chi connectivity index (χ4v) is 7.70. The van der Waals surface area contributed by atoms with E-state index in [0.717, 1.165) is 21.9 Å². The number of hydrogen-bond donors (Lipinski definition) is 0. The van der Waals surface area contributed by atoms with Crippen LogP contribution >= 0.6 is 7.14 Å². The van der Waals surface area contributed by atoms with E-state index in [1.54, 1.807) is 0 Å². The van der Waals surface area contributed by atoms with Gasteiger partial charge in [-0.1, -0.05) is 109 Å². The lowest BCUT2D eigenvalue weighted by Gasteiger charge is -2.32. The Morgan fingerprint density at radius 1 is 0.645 bits per heavy atom. The number of rotatable bonds is 5. The van der Waals surface area contributed by atoms with E-state index in [1.165, 1.54) is 0 Å². The van der Waals surface area contributed by atoms with Crippen molar-refractivity contribution in [3.05, 3.63) is 127 Å². The highest BCUT2D eigenvalue weighted by Gasteiger charge is 2.49. The van der Waals surface area contributed by atoms with Gasteiger partial charge in [0, 0.05) is 10.6 Å². The van der Waals surface area contributed by atoms with Crippen LogP contribution in [0.15, 0.2) is 121 Å². The zero-order chi connectivity index (χ0) is 21.1. The summed E-state index contributed by atoms with van der Waals surface area (Å²) in [5, 5.41) is 3.68. The van der Waals surface area contributed by atoms with Crippen molar-refractivity contribution in [1.82, 2.24) is 0 Å². The van der Waals surface area contributed by atoms with Crippen LogP contribution in [0.4, 0.5) is 5.69 Å². The van der Waals surface area contributed by atoms with Crippen molar-refractivity contribution in [3.63, 3.8) is 0 Å². The maximum Gasteiger partial charge on any atom is 0.151 e. The van der Waals surface area contributed by atoms with Crippen molar-refractivity contribution < 1.29 is 9.40 Å². The minimum absolute atomic E-state index is 0.171. The molecule has 0 saturated carbocycles. The third kappa shape index (κ3) is 3.61. The lowest BCUT2D eigenvalue weighted by atomic mass is 10.0. The van der Waals surface area contributed by atoms with E-state index < -0.39 is 7.14 Å². The minimum Gasteiger partial charge on any atom is -0.313 e. The van der Waals surface area contributed by atoms with Crippen molar-refractivity contribution in [3.8, 4) is 0 Å². The second kappa shape index (κ2) is 8.55. The minimum atomic E-state index is -3.02. The molecule has 4 aromatic rings. The summed E-state index contributed by atoms with van der Waals surface area (Å²) in [6.45, 7) is 0.384. The Balaban J connectivity index is 1.69. The number of nitrogens with zero attached hydrogens (tertiary/aromatic N) is 1. The molecule has 0 radical (unpaired) electrons. The summed E-state index contributed by atoms with van der Waals surface area (Å²) >= 11 is 0. The molecule has 1 heterocycles. The maximum atomic E-state index is 15.1. The van der Waals surface area contributed by atoms with Crippen LogP contribution in [0.1, 0.15) is 11.6 Å². The number of para-hydroxylation sites is 1. The standard InChI is InChI=1S/C27H24NO2P/c29-31(24-17-9-3-10-18-24,25-19-11-4-12-20-25)26-21-30-28(23-15-7-2-8-16-23)27(26)22-13-5-1-6-14-22/h1-20,26-27H,21H2/t26-,27+/m0/s1. The van der Waals surface area contributed by atoms with Crippen molar-refractivity contribution in [1.29, 1.82) is 0 Å². The van der Waals surface area contributed by atoms with Gasteiger partial charge in [0.1, 0.15) is 0 Å². The molecule has 31 heavy (non-hydrogen) atoms. The first-order chi connectivity index (χ1) is 15.3. The first kappa shape index (κ1) is 19.8. The Morgan fingerprint density at radius 3 is 1.61 bits per heavy atom. The molecule has 5 rings (SSSR count). The van der Waals surface area contributed by atoms with E-state index in [0.29, 0.717) is 6.61 Å². The molecule has 0 amide bonds. The van der Waals surface area contributed by atoms with Gasteiger partial charge in [0.05, 0.1) is 24.0 Å². The third-order valence-corrected chi connectivity index (χ3v) is 9.40. The van der Waals surface area contributed by atoms with Crippen molar-refractivity contribution in [2.24, 2.45) is 0 Å². The van der Waals surface area contributed by atoms with Crippen LogP contribution in [0.2, 0.25) is 0 Å². The predicted molar refractivity (Wildman–Crippen MR) is 128 cm³/mol. The van der Waals surface area contributed by atoms with Crippen LogP contribution in [-0.4, -0.2) is 12.3 Å². The Hall–Kier alpha value is -3.13. The molecule has 0 unspecified atom stereocenters. The smallest absolute Gasteiger partial charge is 0.151 e. The van der Waals surface area contributed by atoms with Gasteiger partial charge in [-0.3, -0.25) is 4.84 Å². The first-order valence-corrected chi connectivity index (χ1v) is 12.3. The highest BCUT2D eigenvalue weighted by atomic mass is 31.2.